The van der Waals surface area contributed by atoms with Crippen molar-refractivity contribution in [3.8, 4) is 11.5 Å². The molecular formula is C26H20Cl2N2O5. The van der Waals surface area contributed by atoms with Crippen LogP contribution in [0.2, 0.25) is 10.0 Å². The molecule has 1 N–H and O–H groups in total. The summed E-state index contributed by atoms with van der Waals surface area (Å²) in [6, 6.07) is 16.2. The van der Waals surface area contributed by atoms with Crippen molar-refractivity contribution in [1.82, 2.24) is 5.32 Å². The number of anilines is 1. The summed E-state index contributed by atoms with van der Waals surface area (Å²) in [5.41, 5.74) is 2.51. The second-order valence-electron chi connectivity index (χ2n) is 7.68. The number of benzene rings is 3. The van der Waals surface area contributed by atoms with Crippen LogP contribution < -0.4 is 19.7 Å². The van der Waals surface area contributed by atoms with Gasteiger partial charge in [0.05, 0.1) is 17.8 Å². The summed E-state index contributed by atoms with van der Waals surface area (Å²) >= 11 is 12.4. The first-order chi connectivity index (χ1) is 16.8. The number of barbiturate groups is 1. The van der Waals surface area contributed by atoms with E-state index >= 15 is 0 Å². The number of urea groups is 1. The standard InChI is InChI=1S/C26H20Cl2N2O5/c1-15-5-3-4-6-17(15)14-35-23-21(28)12-16(13-22(23)34-2)11-20-24(31)29-26(33)30(25(20)32)19-9-7-18(27)8-10-19/h3-13H,14H2,1-2H3,(H,29,31,33). The molecule has 1 fully saturated rings. The van der Waals surface area contributed by atoms with Crippen LogP contribution >= 0.6 is 23.2 Å². The normalized spacial score (nSPS) is 14.8. The van der Waals surface area contributed by atoms with Crippen molar-refractivity contribution in [1.29, 1.82) is 0 Å². The van der Waals surface area contributed by atoms with Gasteiger partial charge in [-0.2, -0.15) is 0 Å². The minimum atomic E-state index is -0.852. The predicted octanol–water partition coefficient (Wildman–Crippen LogP) is 5.56. The number of hydrogen-bond donors (Lipinski definition) is 1. The molecule has 1 heterocycles. The van der Waals surface area contributed by atoms with Gasteiger partial charge in [-0.3, -0.25) is 14.9 Å². The highest BCUT2D eigenvalue weighted by Crippen LogP contribution is 2.38. The number of nitrogens with zero attached hydrogens (tertiary/aromatic N) is 1. The fourth-order valence-electron chi connectivity index (χ4n) is 3.53. The average Bonchev–Trinajstić information content (AvgIpc) is 2.83. The van der Waals surface area contributed by atoms with Crippen LogP contribution in [0.15, 0.2) is 66.2 Å². The summed E-state index contributed by atoms with van der Waals surface area (Å²) in [6.45, 7) is 2.26. The van der Waals surface area contributed by atoms with Crippen molar-refractivity contribution in [3.05, 3.63) is 93.0 Å². The zero-order chi connectivity index (χ0) is 25.1. The first kappa shape index (κ1) is 24.3. The molecule has 0 aromatic heterocycles. The van der Waals surface area contributed by atoms with Gasteiger partial charge in [-0.05, 0) is 66.1 Å². The van der Waals surface area contributed by atoms with Crippen molar-refractivity contribution in [2.45, 2.75) is 13.5 Å². The van der Waals surface area contributed by atoms with Gasteiger partial charge in [0.1, 0.15) is 12.2 Å². The highest BCUT2D eigenvalue weighted by atomic mass is 35.5. The van der Waals surface area contributed by atoms with Gasteiger partial charge in [-0.1, -0.05) is 47.5 Å². The Kier molecular flexibility index (Phi) is 7.10. The third-order valence-electron chi connectivity index (χ3n) is 5.38. The Labute approximate surface area is 211 Å². The molecule has 0 spiro atoms. The maximum absolute atomic E-state index is 13.1. The van der Waals surface area contributed by atoms with Crippen molar-refractivity contribution in [2.24, 2.45) is 0 Å². The summed E-state index contributed by atoms with van der Waals surface area (Å²) < 4.78 is 11.4. The lowest BCUT2D eigenvalue weighted by Crippen LogP contribution is -2.54. The third-order valence-corrected chi connectivity index (χ3v) is 5.92. The van der Waals surface area contributed by atoms with E-state index in [0.717, 1.165) is 16.0 Å². The molecule has 0 atom stereocenters. The minimum absolute atomic E-state index is 0.235. The molecule has 178 valence electrons. The van der Waals surface area contributed by atoms with Crippen LogP contribution in [0.1, 0.15) is 16.7 Å². The van der Waals surface area contributed by atoms with E-state index < -0.39 is 17.8 Å². The zero-order valence-corrected chi connectivity index (χ0v) is 20.3. The quantitative estimate of drug-likeness (QED) is 0.346. The van der Waals surface area contributed by atoms with Crippen molar-refractivity contribution in [3.63, 3.8) is 0 Å². The van der Waals surface area contributed by atoms with E-state index in [4.69, 9.17) is 32.7 Å². The fraction of sp³-hybridized carbons (Fsp3) is 0.115. The monoisotopic (exact) mass is 510 g/mol. The van der Waals surface area contributed by atoms with Gasteiger partial charge in [0.25, 0.3) is 11.8 Å². The van der Waals surface area contributed by atoms with Gasteiger partial charge < -0.3 is 9.47 Å². The van der Waals surface area contributed by atoms with E-state index in [0.29, 0.717) is 22.1 Å². The molecule has 0 unspecified atom stereocenters. The molecule has 35 heavy (non-hydrogen) atoms. The molecule has 1 saturated heterocycles. The number of rotatable bonds is 6. The molecule has 9 heteroatoms. The van der Waals surface area contributed by atoms with Crippen LogP contribution in [-0.4, -0.2) is 25.0 Å². The maximum Gasteiger partial charge on any atom is 0.335 e. The van der Waals surface area contributed by atoms with E-state index in [-0.39, 0.29) is 22.9 Å². The number of ether oxygens (including phenoxy) is 2. The molecule has 0 bridgehead atoms. The van der Waals surface area contributed by atoms with Gasteiger partial charge in [-0.25, -0.2) is 9.69 Å². The van der Waals surface area contributed by atoms with Crippen LogP contribution in [0.3, 0.4) is 0 Å². The van der Waals surface area contributed by atoms with Crippen LogP contribution in [0.4, 0.5) is 10.5 Å². The highest BCUT2D eigenvalue weighted by Gasteiger charge is 2.36. The molecular weight excluding hydrogens is 491 g/mol. The first-order valence-corrected chi connectivity index (χ1v) is 11.3. The summed E-state index contributed by atoms with van der Waals surface area (Å²) in [4.78, 5) is 38.8. The van der Waals surface area contributed by atoms with Gasteiger partial charge >= 0.3 is 6.03 Å². The van der Waals surface area contributed by atoms with Crippen molar-refractivity contribution in [2.75, 3.05) is 12.0 Å². The number of carbonyl (C=O) groups is 3. The van der Waals surface area contributed by atoms with E-state index in [2.05, 4.69) is 5.32 Å². The van der Waals surface area contributed by atoms with E-state index in [1.54, 1.807) is 12.1 Å². The molecule has 4 amide bonds. The molecule has 7 nitrogen and oxygen atoms in total. The largest absolute Gasteiger partial charge is 0.493 e. The summed E-state index contributed by atoms with van der Waals surface area (Å²) in [5.74, 6) is -0.944. The molecule has 0 aliphatic carbocycles. The summed E-state index contributed by atoms with van der Waals surface area (Å²) in [7, 11) is 1.46. The van der Waals surface area contributed by atoms with Gasteiger partial charge in [-0.15, -0.1) is 0 Å². The van der Waals surface area contributed by atoms with E-state index in [1.165, 1.54) is 37.5 Å². The smallest absolute Gasteiger partial charge is 0.335 e. The second kappa shape index (κ2) is 10.2. The Morgan fingerprint density at radius 2 is 1.71 bits per heavy atom. The number of imide groups is 2. The molecule has 3 aromatic carbocycles. The second-order valence-corrected chi connectivity index (χ2v) is 8.53. The predicted molar refractivity (Wildman–Crippen MR) is 134 cm³/mol. The van der Waals surface area contributed by atoms with E-state index in [1.807, 2.05) is 31.2 Å². The summed E-state index contributed by atoms with van der Waals surface area (Å²) in [5, 5.41) is 2.86. The topological polar surface area (TPSA) is 84.9 Å². The van der Waals surface area contributed by atoms with Gasteiger partial charge in [0.15, 0.2) is 11.5 Å². The number of nitrogens with one attached hydrogen (secondary N) is 1. The first-order valence-electron chi connectivity index (χ1n) is 10.5. The average molecular weight is 511 g/mol. The molecule has 0 saturated carbocycles. The molecule has 1 aliphatic heterocycles. The summed E-state index contributed by atoms with van der Waals surface area (Å²) in [6.07, 6.45) is 1.34. The Morgan fingerprint density at radius 1 is 1.00 bits per heavy atom. The SMILES string of the molecule is COc1cc(C=C2C(=O)NC(=O)N(c3ccc(Cl)cc3)C2=O)cc(Cl)c1OCc1ccccc1C. The molecule has 0 radical (unpaired) electrons. The lowest BCUT2D eigenvalue weighted by molar-refractivity contribution is -0.122. The number of carbonyl (C=O) groups excluding carboxylic acids is 3. The number of aryl methyl sites for hydroxylation is 1. The Balaban J connectivity index is 1.64. The zero-order valence-electron chi connectivity index (χ0n) is 18.8. The van der Waals surface area contributed by atoms with Crippen molar-refractivity contribution >= 4 is 52.8 Å². The van der Waals surface area contributed by atoms with Crippen molar-refractivity contribution < 1.29 is 23.9 Å². The maximum atomic E-state index is 13.1. The number of amides is 4. The number of hydrogen-bond acceptors (Lipinski definition) is 5. The van der Waals surface area contributed by atoms with Crippen LogP contribution in [0.25, 0.3) is 6.08 Å². The highest BCUT2D eigenvalue weighted by molar-refractivity contribution is 6.39. The number of methoxy groups -OCH3 is 1. The molecule has 4 rings (SSSR count). The van der Waals surface area contributed by atoms with Gasteiger partial charge in [0.2, 0.25) is 0 Å². The minimum Gasteiger partial charge on any atom is -0.493 e. The fourth-order valence-corrected chi connectivity index (χ4v) is 3.93. The molecule has 1 aliphatic rings. The van der Waals surface area contributed by atoms with Gasteiger partial charge in [0, 0.05) is 5.02 Å². The Morgan fingerprint density at radius 3 is 2.40 bits per heavy atom. The van der Waals surface area contributed by atoms with Crippen LogP contribution in [0.5, 0.6) is 11.5 Å². The lowest BCUT2D eigenvalue weighted by Gasteiger charge is -2.26. The third kappa shape index (κ3) is 5.16. The van der Waals surface area contributed by atoms with E-state index in [9.17, 15) is 14.4 Å². The number of halogens is 2. The van der Waals surface area contributed by atoms with Crippen LogP contribution in [0, 0.1) is 6.92 Å². The Bertz CT molecular complexity index is 1350. The Hall–Kier alpha value is -3.81. The molecule has 3 aromatic rings. The van der Waals surface area contributed by atoms with Crippen LogP contribution in [-0.2, 0) is 16.2 Å². The lowest BCUT2D eigenvalue weighted by atomic mass is 10.1.